The highest BCUT2D eigenvalue weighted by Gasteiger charge is 2.20. The van der Waals surface area contributed by atoms with Crippen LogP contribution in [0.5, 0.6) is 0 Å². The van der Waals surface area contributed by atoms with Crippen LogP contribution < -0.4 is 21.9 Å². The number of nitrogens with two attached hydrogens (primary N) is 1. The van der Waals surface area contributed by atoms with Crippen LogP contribution in [0.25, 0.3) is 0 Å². The molecular formula is C11H18N6O. The summed E-state index contributed by atoms with van der Waals surface area (Å²) in [6.45, 7) is 2.68. The highest BCUT2D eigenvalue weighted by molar-refractivity contribution is 5.78. The normalized spacial score (nSPS) is 18.6. The molecule has 1 aromatic rings. The number of anilines is 2. The van der Waals surface area contributed by atoms with Gasteiger partial charge in [0.25, 0.3) is 0 Å². The fraction of sp³-hybridized carbons (Fsp3) is 0.545. The molecule has 1 aliphatic rings. The summed E-state index contributed by atoms with van der Waals surface area (Å²) in [7, 11) is 0. The number of carbonyl (C=O) groups excluding carboxylic acids is 1. The lowest BCUT2D eigenvalue weighted by atomic mass is 10.2. The molecule has 0 saturated carbocycles. The average molecular weight is 250 g/mol. The summed E-state index contributed by atoms with van der Waals surface area (Å²) in [4.78, 5) is 19.4. The van der Waals surface area contributed by atoms with Gasteiger partial charge in [-0.1, -0.05) is 6.92 Å². The Bertz CT molecular complexity index is 436. The van der Waals surface area contributed by atoms with Crippen molar-refractivity contribution in [3.8, 4) is 0 Å². The molecule has 1 aliphatic heterocycles. The summed E-state index contributed by atoms with van der Waals surface area (Å²) in [5.74, 6) is 6.92. The lowest BCUT2D eigenvalue weighted by Gasteiger charge is -2.15. The molecule has 7 heteroatoms. The molecule has 0 spiro atoms. The van der Waals surface area contributed by atoms with E-state index >= 15 is 0 Å². The first-order valence-electron chi connectivity index (χ1n) is 6.08. The Morgan fingerprint density at radius 3 is 2.89 bits per heavy atom. The lowest BCUT2D eigenvalue weighted by Crippen LogP contribution is -2.32. The number of hydrogen-bond acceptors (Lipinski definition) is 6. The van der Waals surface area contributed by atoms with Crippen molar-refractivity contribution in [2.75, 3.05) is 17.3 Å². The molecule has 1 aromatic heterocycles. The van der Waals surface area contributed by atoms with Crippen LogP contribution in [-0.4, -0.2) is 28.5 Å². The van der Waals surface area contributed by atoms with Crippen LogP contribution in [0, 0.1) is 0 Å². The molecular weight excluding hydrogens is 232 g/mol. The molecule has 1 saturated heterocycles. The van der Waals surface area contributed by atoms with Gasteiger partial charge in [-0.15, -0.1) is 0 Å². The van der Waals surface area contributed by atoms with Crippen LogP contribution in [0.3, 0.4) is 0 Å². The largest absolute Gasteiger partial charge is 0.368 e. The first-order chi connectivity index (χ1) is 8.74. The molecule has 1 unspecified atom stereocenters. The van der Waals surface area contributed by atoms with Crippen molar-refractivity contribution in [1.29, 1.82) is 0 Å². The van der Waals surface area contributed by atoms with Crippen LogP contribution in [0.1, 0.15) is 25.3 Å². The van der Waals surface area contributed by atoms with E-state index in [1.54, 1.807) is 0 Å². The van der Waals surface area contributed by atoms with Gasteiger partial charge in [-0.2, -0.15) is 0 Å². The SMILES string of the molecule is CCc1c(NN)ncnc1NCC1CCC(=O)N1. The van der Waals surface area contributed by atoms with Gasteiger partial charge in [0.05, 0.1) is 0 Å². The van der Waals surface area contributed by atoms with Gasteiger partial charge < -0.3 is 16.1 Å². The van der Waals surface area contributed by atoms with Crippen molar-refractivity contribution < 1.29 is 4.79 Å². The summed E-state index contributed by atoms with van der Waals surface area (Å²) in [5.41, 5.74) is 3.51. The van der Waals surface area contributed by atoms with Crippen molar-refractivity contribution >= 4 is 17.5 Å². The second kappa shape index (κ2) is 5.63. The molecule has 2 rings (SSSR count). The number of carbonyl (C=O) groups is 1. The van der Waals surface area contributed by atoms with Gasteiger partial charge in [0.15, 0.2) is 0 Å². The lowest BCUT2D eigenvalue weighted by molar-refractivity contribution is -0.119. The monoisotopic (exact) mass is 250 g/mol. The Morgan fingerprint density at radius 2 is 2.28 bits per heavy atom. The van der Waals surface area contributed by atoms with Crippen molar-refractivity contribution in [1.82, 2.24) is 15.3 Å². The molecule has 0 aliphatic carbocycles. The van der Waals surface area contributed by atoms with Gasteiger partial charge in [-0.05, 0) is 12.8 Å². The Balaban J connectivity index is 2.02. The van der Waals surface area contributed by atoms with Gasteiger partial charge in [0.2, 0.25) is 5.91 Å². The third kappa shape index (κ3) is 2.67. The Kier molecular flexibility index (Phi) is 3.93. The van der Waals surface area contributed by atoms with Crippen LogP contribution in [0.2, 0.25) is 0 Å². The molecule has 0 bridgehead atoms. The minimum atomic E-state index is 0.115. The molecule has 18 heavy (non-hydrogen) atoms. The van der Waals surface area contributed by atoms with Gasteiger partial charge in [0, 0.05) is 24.6 Å². The summed E-state index contributed by atoms with van der Waals surface area (Å²) in [6, 6.07) is 0.173. The first-order valence-corrected chi connectivity index (χ1v) is 6.08. The van der Waals surface area contributed by atoms with Crippen molar-refractivity contribution in [3.05, 3.63) is 11.9 Å². The summed E-state index contributed by atoms with van der Waals surface area (Å²) < 4.78 is 0. The van der Waals surface area contributed by atoms with E-state index in [4.69, 9.17) is 5.84 Å². The number of rotatable bonds is 5. The van der Waals surface area contributed by atoms with E-state index in [0.29, 0.717) is 18.8 Å². The Hall–Kier alpha value is -1.89. The topological polar surface area (TPSA) is 105 Å². The fourth-order valence-corrected chi connectivity index (χ4v) is 2.07. The van der Waals surface area contributed by atoms with Gasteiger partial charge in [-0.25, -0.2) is 15.8 Å². The number of aromatic nitrogens is 2. The fourth-order valence-electron chi connectivity index (χ4n) is 2.07. The van der Waals surface area contributed by atoms with E-state index in [0.717, 1.165) is 24.2 Å². The van der Waals surface area contributed by atoms with Crippen LogP contribution in [-0.2, 0) is 11.2 Å². The number of nitrogens with one attached hydrogen (secondary N) is 3. The third-order valence-electron chi connectivity index (χ3n) is 3.04. The molecule has 1 atom stereocenters. The van der Waals surface area contributed by atoms with Gasteiger partial charge in [-0.3, -0.25) is 4.79 Å². The number of amides is 1. The summed E-state index contributed by atoms with van der Waals surface area (Å²) in [5, 5.41) is 6.15. The maximum absolute atomic E-state index is 11.1. The minimum absolute atomic E-state index is 0.115. The first kappa shape index (κ1) is 12.6. The highest BCUT2D eigenvalue weighted by atomic mass is 16.1. The molecule has 5 N–H and O–H groups in total. The van der Waals surface area contributed by atoms with E-state index in [1.807, 2.05) is 6.92 Å². The molecule has 1 amide bonds. The Morgan fingerprint density at radius 1 is 1.50 bits per heavy atom. The van der Waals surface area contributed by atoms with Crippen LogP contribution >= 0.6 is 0 Å². The maximum atomic E-state index is 11.1. The molecule has 0 aromatic carbocycles. The maximum Gasteiger partial charge on any atom is 0.220 e. The van der Waals surface area contributed by atoms with Gasteiger partial charge in [0.1, 0.15) is 18.0 Å². The summed E-state index contributed by atoms with van der Waals surface area (Å²) in [6.07, 6.45) is 3.70. The highest BCUT2D eigenvalue weighted by Crippen LogP contribution is 2.19. The molecule has 7 nitrogen and oxygen atoms in total. The quantitative estimate of drug-likeness (QED) is 0.433. The van der Waals surface area contributed by atoms with Gasteiger partial charge >= 0.3 is 0 Å². The number of nitrogen functional groups attached to an aromatic ring is 1. The predicted molar refractivity (Wildman–Crippen MR) is 68.9 cm³/mol. The standard InChI is InChI=1S/C11H18N6O/c1-2-8-10(14-6-15-11(8)17-12)13-5-7-3-4-9(18)16-7/h6-7H,2-5,12H2,1H3,(H,16,18)(H2,13,14,15,17). The minimum Gasteiger partial charge on any atom is -0.368 e. The van der Waals surface area contributed by atoms with Crippen molar-refractivity contribution in [2.24, 2.45) is 5.84 Å². The van der Waals surface area contributed by atoms with Crippen LogP contribution in [0.15, 0.2) is 6.33 Å². The van der Waals surface area contributed by atoms with E-state index < -0.39 is 0 Å². The average Bonchev–Trinajstić information content (AvgIpc) is 2.81. The predicted octanol–water partition coefficient (Wildman–Crippen LogP) is 0.0151. The zero-order valence-electron chi connectivity index (χ0n) is 10.4. The second-order valence-corrected chi connectivity index (χ2v) is 4.23. The molecule has 0 radical (unpaired) electrons. The van der Waals surface area contributed by atoms with E-state index in [1.165, 1.54) is 6.33 Å². The van der Waals surface area contributed by atoms with E-state index in [-0.39, 0.29) is 11.9 Å². The van der Waals surface area contributed by atoms with E-state index in [9.17, 15) is 4.79 Å². The molecule has 2 heterocycles. The number of hydrogen-bond donors (Lipinski definition) is 4. The van der Waals surface area contributed by atoms with E-state index in [2.05, 4.69) is 26.0 Å². The zero-order valence-corrected chi connectivity index (χ0v) is 10.4. The number of hydrazine groups is 1. The van der Waals surface area contributed by atoms with Crippen molar-refractivity contribution in [2.45, 2.75) is 32.2 Å². The smallest absolute Gasteiger partial charge is 0.220 e. The number of nitrogens with zero attached hydrogens (tertiary/aromatic N) is 2. The Labute approximate surface area is 106 Å². The van der Waals surface area contributed by atoms with Crippen molar-refractivity contribution in [3.63, 3.8) is 0 Å². The molecule has 98 valence electrons. The summed E-state index contributed by atoms with van der Waals surface area (Å²) >= 11 is 0. The van der Waals surface area contributed by atoms with Crippen LogP contribution in [0.4, 0.5) is 11.6 Å². The molecule has 1 fully saturated rings. The zero-order chi connectivity index (χ0) is 13.0. The third-order valence-corrected chi connectivity index (χ3v) is 3.04. The second-order valence-electron chi connectivity index (χ2n) is 4.23.